The van der Waals surface area contributed by atoms with Gasteiger partial charge in [0.1, 0.15) is 0 Å². The number of nitrogens with one attached hydrogen (secondary N) is 1. The number of hydrogen-bond donors (Lipinski definition) is 1. The Labute approximate surface area is 142 Å². The fourth-order valence-corrected chi connectivity index (χ4v) is 2.63. The van der Waals surface area contributed by atoms with Crippen molar-refractivity contribution in [2.45, 2.75) is 27.3 Å². The van der Waals surface area contributed by atoms with Crippen molar-refractivity contribution in [3.05, 3.63) is 46.8 Å². The van der Waals surface area contributed by atoms with E-state index in [1.807, 2.05) is 37.5 Å². The summed E-state index contributed by atoms with van der Waals surface area (Å²) in [5.74, 6) is -0.136. The number of aryl methyl sites for hydroxylation is 2. The summed E-state index contributed by atoms with van der Waals surface area (Å²) >= 11 is 0. The molecule has 1 N–H and O–H groups in total. The Hall–Kier alpha value is -2.47. The zero-order chi connectivity index (χ0) is 17.9. The average Bonchev–Trinajstić information content (AvgIpc) is 2.73. The van der Waals surface area contributed by atoms with E-state index >= 15 is 0 Å². The number of ketones is 1. The van der Waals surface area contributed by atoms with Crippen LogP contribution in [0.5, 0.6) is 0 Å². The molecule has 0 unspecified atom stereocenters. The fraction of sp³-hybridized carbons (Fsp3) is 0.389. The van der Waals surface area contributed by atoms with E-state index in [0.717, 1.165) is 17.0 Å². The summed E-state index contributed by atoms with van der Waals surface area (Å²) in [4.78, 5) is 25.6. The van der Waals surface area contributed by atoms with Gasteiger partial charge >= 0.3 is 0 Å². The minimum Gasteiger partial charge on any atom is -0.325 e. The van der Waals surface area contributed by atoms with Crippen LogP contribution >= 0.6 is 0 Å². The van der Waals surface area contributed by atoms with Gasteiger partial charge in [-0.15, -0.1) is 0 Å². The average molecular weight is 328 g/mol. The first-order valence-electron chi connectivity index (χ1n) is 7.86. The maximum absolute atomic E-state index is 12.2. The Morgan fingerprint density at radius 2 is 2.00 bits per heavy atom. The van der Waals surface area contributed by atoms with Crippen molar-refractivity contribution in [3.8, 4) is 0 Å². The first-order chi connectivity index (χ1) is 11.3. The van der Waals surface area contributed by atoms with Crippen LogP contribution in [0.25, 0.3) is 0 Å². The van der Waals surface area contributed by atoms with Gasteiger partial charge in [-0.2, -0.15) is 5.10 Å². The van der Waals surface area contributed by atoms with Gasteiger partial charge in [-0.05, 0) is 40.0 Å². The van der Waals surface area contributed by atoms with Crippen LogP contribution in [0, 0.1) is 13.8 Å². The molecule has 6 nitrogen and oxygen atoms in total. The molecule has 1 heterocycles. The molecule has 24 heavy (non-hydrogen) atoms. The summed E-state index contributed by atoms with van der Waals surface area (Å²) in [6, 6.07) is 6.96. The number of rotatable bonds is 6. The van der Waals surface area contributed by atoms with E-state index in [1.165, 1.54) is 6.92 Å². The molecule has 0 fully saturated rings. The van der Waals surface area contributed by atoms with E-state index in [9.17, 15) is 9.59 Å². The van der Waals surface area contributed by atoms with Crippen molar-refractivity contribution < 1.29 is 9.59 Å². The van der Waals surface area contributed by atoms with Gasteiger partial charge in [-0.3, -0.25) is 19.2 Å². The highest BCUT2D eigenvalue weighted by molar-refractivity contribution is 5.97. The first-order valence-corrected chi connectivity index (χ1v) is 7.86. The molecule has 0 aliphatic rings. The van der Waals surface area contributed by atoms with Gasteiger partial charge in [0.2, 0.25) is 5.91 Å². The Morgan fingerprint density at radius 3 is 2.58 bits per heavy atom. The summed E-state index contributed by atoms with van der Waals surface area (Å²) < 4.78 is 1.85. The van der Waals surface area contributed by atoms with Crippen molar-refractivity contribution in [3.63, 3.8) is 0 Å². The van der Waals surface area contributed by atoms with Crippen molar-refractivity contribution in [2.24, 2.45) is 7.05 Å². The molecule has 0 atom stereocenters. The van der Waals surface area contributed by atoms with E-state index in [-0.39, 0.29) is 18.2 Å². The number of amides is 1. The summed E-state index contributed by atoms with van der Waals surface area (Å²) in [7, 11) is 3.82. The van der Waals surface area contributed by atoms with Crippen molar-refractivity contribution in [1.82, 2.24) is 14.7 Å². The Balaban J connectivity index is 1.97. The molecule has 0 spiro atoms. The van der Waals surface area contributed by atoms with Crippen LogP contribution in [-0.4, -0.2) is 40.0 Å². The quantitative estimate of drug-likeness (QED) is 0.826. The molecular formula is C18H24N4O2. The molecule has 0 bridgehead atoms. The number of likely N-dealkylation sites (N-methyl/N-ethyl adjacent to an activating group) is 1. The predicted molar refractivity (Wildman–Crippen MR) is 94.1 cm³/mol. The molecule has 2 rings (SSSR count). The molecule has 0 radical (unpaired) electrons. The lowest BCUT2D eigenvalue weighted by atomic mass is 10.1. The van der Waals surface area contributed by atoms with Gasteiger partial charge in [-0.1, -0.05) is 12.1 Å². The monoisotopic (exact) mass is 328 g/mol. The van der Waals surface area contributed by atoms with Crippen LogP contribution in [0.3, 0.4) is 0 Å². The third-order valence-electron chi connectivity index (χ3n) is 4.05. The fourth-order valence-electron chi connectivity index (χ4n) is 2.63. The molecule has 2 aromatic rings. The number of nitrogens with zero attached hydrogens (tertiary/aromatic N) is 3. The smallest absolute Gasteiger partial charge is 0.238 e. The number of hydrogen-bond acceptors (Lipinski definition) is 4. The van der Waals surface area contributed by atoms with Gasteiger partial charge in [0.05, 0.1) is 12.2 Å². The standard InChI is InChI=1S/C18H24N4O2/c1-12-17(13(2)22(5)20-12)10-21(4)11-18(24)19-16-8-6-7-15(9-16)14(3)23/h6-9H,10-11H2,1-5H3,(H,19,24). The highest BCUT2D eigenvalue weighted by Crippen LogP contribution is 2.14. The zero-order valence-electron chi connectivity index (χ0n) is 14.9. The lowest BCUT2D eigenvalue weighted by Crippen LogP contribution is -2.30. The van der Waals surface area contributed by atoms with Crippen LogP contribution in [0.4, 0.5) is 5.69 Å². The minimum atomic E-state index is -0.114. The molecule has 128 valence electrons. The summed E-state index contributed by atoms with van der Waals surface area (Å²) in [6.07, 6.45) is 0. The molecule has 1 amide bonds. The first kappa shape index (κ1) is 17.9. The zero-order valence-corrected chi connectivity index (χ0v) is 14.9. The van der Waals surface area contributed by atoms with Crippen LogP contribution in [-0.2, 0) is 18.4 Å². The number of anilines is 1. The molecule has 1 aromatic heterocycles. The lowest BCUT2D eigenvalue weighted by Gasteiger charge is -2.17. The second-order valence-corrected chi connectivity index (χ2v) is 6.13. The van der Waals surface area contributed by atoms with Gasteiger partial charge in [-0.25, -0.2) is 0 Å². The predicted octanol–water partition coefficient (Wildman–Crippen LogP) is 2.31. The van der Waals surface area contributed by atoms with Crippen molar-refractivity contribution in [2.75, 3.05) is 18.9 Å². The van der Waals surface area contributed by atoms with E-state index < -0.39 is 0 Å². The summed E-state index contributed by atoms with van der Waals surface area (Å²) in [5, 5.41) is 7.23. The highest BCUT2D eigenvalue weighted by atomic mass is 16.2. The van der Waals surface area contributed by atoms with Gasteiger partial charge in [0.15, 0.2) is 5.78 Å². The highest BCUT2D eigenvalue weighted by Gasteiger charge is 2.14. The van der Waals surface area contributed by atoms with Gasteiger partial charge in [0, 0.05) is 36.1 Å². The number of Topliss-reactive ketones (excluding diaryl/α,β-unsaturated/α-hetero) is 1. The van der Waals surface area contributed by atoms with E-state index in [4.69, 9.17) is 0 Å². The molecular weight excluding hydrogens is 304 g/mol. The Bertz CT molecular complexity index is 764. The molecule has 0 saturated carbocycles. The number of benzene rings is 1. The normalized spacial score (nSPS) is 10.9. The Morgan fingerprint density at radius 1 is 1.29 bits per heavy atom. The second kappa shape index (κ2) is 7.40. The van der Waals surface area contributed by atoms with E-state index in [0.29, 0.717) is 17.8 Å². The third-order valence-corrected chi connectivity index (χ3v) is 4.05. The molecule has 0 aliphatic carbocycles. The van der Waals surface area contributed by atoms with Gasteiger partial charge in [0.25, 0.3) is 0 Å². The Kier molecular flexibility index (Phi) is 5.51. The largest absolute Gasteiger partial charge is 0.325 e. The summed E-state index contributed by atoms with van der Waals surface area (Å²) in [5.41, 5.74) is 4.45. The van der Waals surface area contributed by atoms with Crippen LogP contribution in [0.15, 0.2) is 24.3 Å². The second-order valence-electron chi connectivity index (χ2n) is 6.13. The molecule has 0 aliphatic heterocycles. The van der Waals surface area contributed by atoms with Crippen molar-refractivity contribution >= 4 is 17.4 Å². The minimum absolute atomic E-state index is 0.0225. The van der Waals surface area contributed by atoms with E-state index in [1.54, 1.807) is 24.3 Å². The maximum Gasteiger partial charge on any atom is 0.238 e. The van der Waals surface area contributed by atoms with E-state index in [2.05, 4.69) is 10.4 Å². The lowest BCUT2D eigenvalue weighted by molar-refractivity contribution is -0.117. The number of carbonyl (C=O) groups excluding carboxylic acids is 2. The summed E-state index contributed by atoms with van der Waals surface area (Å²) in [6.45, 7) is 6.43. The van der Waals surface area contributed by atoms with Crippen LogP contribution in [0.2, 0.25) is 0 Å². The van der Waals surface area contributed by atoms with Gasteiger partial charge < -0.3 is 5.32 Å². The molecule has 1 aromatic carbocycles. The van der Waals surface area contributed by atoms with Crippen LogP contribution in [0.1, 0.15) is 34.2 Å². The molecule has 0 saturated heterocycles. The SMILES string of the molecule is CC(=O)c1cccc(NC(=O)CN(C)Cc2c(C)nn(C)c2C)c1. The van der Waals surface area contributed by atoms with Crippen molar-refractivity contribution in [1.29, 1.82) is 0 Å². The maximum atomic E-state index is 12.2. The number of carbonyl (C=O) groups is 2. The van der Waals surface area contributed by atoms with Crippen LogP contribution < -0.4 is 5.32 Å². The third kappa shape index (κ3) is 4.29. The number of aromatic nitrogens is 2. The topological polar surface area (TPSA) is 67.2 Å². The molecule has 6 heteroatoms.